The van der Waals surface area contributed by atoms with E-state index >= 15 is 0 Å². The van der Waals surface area contributed by atoms with E-state index in [4.69, 9.17) is 14.2 Å². The van der Waals surface area contributed by atoms with Crippen LogP contribution in [-0.2, 0) is 11.3 Å². The number of methoxy groups -OCH3 is 3. The van der Waals surface area contributed by atoms with Gasteiger partial charge in [-0.3, -0.25) is 4.90 Å². The Balaban J connectivity index is 2.80. The highest BCUT2D eigenvalue weighted by Gasteiger charge is 2.12. The molecular weight excluding hydrogens is 270 g/mol. The second-order valence-corrected chi connectivity index (χ2v) is 5.01. The van der Waals surface area contributed by atoms with Gasteiger partial charge in [0, 0.05) is 32.8 Å². The molecule has 0 saturated heterocycles. The highest BCUT2D eigenvalue weighted by molar-refractivity contribution is 5.38. The molecule has 0 saturated carbocycles. The van der Waals surface area contributed by atoms with Gasteiger partial charge < -0.3 is 19.3 Å². The summed E-state index contributed by atoms with van der Waals surface area (Å²) in [6.45, 7) is 4.73. The zero-order valence-corrected chi connectivity index (χ0v) is 13.5. The Bertz CT molecular complexity index is 389. The number of hydrogen-bond donors (Lipinski definition) is 1. The van der Waals surface area contributed by atoms with Gasteiger partial charge in [0.2, 0.25) is 0 Å². The van der Waals surface area contributed by atoms with Crippen LogP contribution in [0.1, 0.15) is 18.9 Å². The predicted molar refractivity (Wildman–Crippen MR) is 83.0 cm³/mol. The zero-order valence-electron chi connectivity index (χ0n) is 13.5. The summed E-state index contributed by atoms with van der Waals surface area (Å²) in [6, 6.07) is 5.82. The van der Waals surface area contributed by atoms with E-state index in [1.165, 1.54) is 0 Å². The Kier molecular flexibility index (Phi) is 8.12. The molecule has 21 heavy (non-hydrogen) atoms. The monoisotopic (exact) mass is 297 g/mol. The third kappa shape index (κ3) is 6.33. The lowest BCUT2D eigenvalue weighted by atomic mass is 10.1. The van der Waals surface area contributed by atoms with Crippen LogP contribution in [0, 0.1) is 0 Å². The van der Waals surface area contributed by atoms with Gasteiger partial charge in [-0.25, -0.2) is 0 Å². The van der Waals surface area contributed by atoms with Crippen molar-refractivity contribution in [1.29, 1.82) is 0 Å². The van der Waals surface area contributed by atoms with Gasteiger partial charge in [0.1, 0.15) is 11.5 Å². The van der Waals surface area contributed by atoms with E-state index < -0.39 is 0 Å². The number of ether oxygens (including phenoxy) is 3. The summed E-state index contributed by atoms with van der Waals surface area (Å²) in [6.07, 6.45) is 0.416. The summed E-state index contributed by atoms with van der Waals surface area (Å²) >= 11 is 0. The molecule has 0 radical (unpaired) electrons. The molecule has 0 amide bonds. The molecular formula is C16H27NO4. The van der Waals surface area contributed by atoms with Gasteiger partial charge in [0.05, 0.1) is 26.9 Å². The minimum atomic E-state index is -0.325. The van der Waals surface area contributed by atoms with Gasteiger partial charge in [0.25, 0.3) is 0 Å². The molecule has 0 aliphatic carbocycles. The summed E-state index contributed by atoms with van der Waals surface area (Å²) in [5, 5.41) is 9.88. The molecule has 0 unspecified atom stereocenters. The van der Waals surface area contributed by atoms with E-state index in [-0.39, 0.29) is 6.10 Å². The second kappa shape index (κ2) is 9.60. The lowest BCUT2D eigenvalue weighted by Crippen LogP contribution is -2.34. The lowest BCUT2D eigenvalue weighted by molar-refractivity contribution is 0.0829. The maximum Gasteiger partial charge on any atom is 0.122 e. The molecule has 120 valence electrons. The van der Waals surface area contributed by atoms with Gasteiger partial charge in [0.15, 0.2) is 0 Å². The van der Waals surface area contributed by atoms with Crippen molar-refractivity contribution in [2.45, 2.75) is 26.0 Å². The first-order valence-corrected chi connectivity index (χ1v) is 7.24. The van der Waals surface area contributed by atoms with Crippen LogP contribution in [0.15, 0.2) is 18.2 Å². The maximum absolute atomic E-state index is 9.88. The number of benzene rings is 1. The van der Waals surface area contributed by atoms with Crippen molar-refractivity contribution in [3.05, 3.63) is 23.8 Å². The Hall–Kier alpha value is -1.30. The Morgan fingerprint density at radius 2 is 1.71 bits per heavy atom. The minimum absolute atomic E-state index is 0.325. The topological polar surface area (TPSA) is 51.2 Å². The van der Waals surface area contributed by atoms with E-state index in [2.05, 4.69) is 4.90 Å². The molecule has 1 N–H and O–H groups in total. The Morgan fingerprint density at radius 3 is 2.19 bits per heavy atom. The van der Waals surface area contributed by atoms with Gasteiger partial charge in [-0.05, 0) is 24.1 Å². The van der Waals surface area contributed by atoms with Crippen molar-refractivity contribution in [1.82, 2.24) is 4.90 Å². The summed E-state index contributed by atoms with van der Waals surface area (Å²) in [4.78, 5) is 2.17. The van der Waals surface area contributed by atoms with Crippen molar-refractivity contribution in [2.24, 2.45) is 0 Å². The Morgan fingerprint density at radius 1 is 1.10 bits per heavy atom. The molecule has 0 aliphatic heterocycles. The fourth-order valence-electron chi connectivity index (χ4n) is 2.10. The summed E-state index contributed by atoms with van der Waals surface area (Å²) in [5.41, 5.74) is 1.09. The highest BCUT2D eigenvalue weighted by atomic mass is 16.5. The average molecular weight is 297 g/mol. The molecule has 5 nitrogen and oxygen atoms in total. The molecule has 1 aromatic rings. The first kappa shape index (κ1) is 17.8. The predicted octanol–water partition coefficient (Wildman–Crippen LogP) is 1.92. The number of aliphatic hydroxyl groups excluding tert-OH is 1. The van der Waals surface area contributed by atoms with Crippen LogP contribution in [0.2, 0.25) is 0 Å². The molecule has 1 rings (SSSR count). The summed E-state index contributed by atoms with van der Waals surface area (Å²) in [7, 11) is 4.97. The van der Waals surface area contributed by atoms with Crippen molar-refractivity contribution in [2.75, 3.05) is 41.0 Å². The van der Waals surface area contributed by atoms with E-state index in [9.17, 15) is 5.11 Å². The van der Waals surface area contributed by atoms with Crippen LogP contribution < -0.4 is 9.47 Å². The van der Waals surface area contributed by atoms with Crippen molar-refractivity contribution < 1.29 is 19.3 Å². The van der Waals surface area contributed by atoms with Crippen LogP contribution in [-0.4, -0.2) is 57.1 Å². The van der Waals surface area contributed by atoms with E-state index in [0.29, 0.717) is 19.7 Å². The second-order valence-electron chi connectivity index (χ2n) is 5.01. The number of nitrogens with zero attached hydrogens (tertiary/aromatic N) is 1. The molecule has 5 heteroatoms. The number of rotatable bonds is 10. The van der Waals surface area contributed by atoms with E-state index in [1.54, 1.807) is 21.3 Å². The number of aliphatic hydroxyl groups is 1. The van der Waals surface area contributed by atoms with Crippen LogP contribution in [0.25, 0.3) is 0 Å². The number of hydrogen-bond acceptors (Lipinski definition) is 5. The van der Waals surface area contributed by atoms with Crippen molar-refractivity contribution >= 4 is 0 Å². The lowest BCUT2D eigenvalue weighted by Gasteiger charge is -2.24. The average Bonchev–Trinajstić information content (AvgIpc) is 2.51. The highest BCUT2D eigenvalue weighted by Crippen LogP contribution is 2.23. The normalized spacial score (nSPS) is 12.5. The Labute approximate surface area is 127 Å². The molecule has 0 aliphatic rings. The minimum Gasteiger partial charge on any atom is -0.497 e. The first-order chi connectivity index (χ1) is 10.1. The van der Waals surface area contributed by atoms with Gasteiger partial charge in [-0.2, -0.15) is 0 Å². The molecule has 0 bridgehead atoms. The molecule has 0 aromatic heterocycles. The van der Waals surface area contributed by atoms with Crippen LogP contribution >= 0.6 is 0 Å². The van der Waals surface area contributed by atoms with Crippen LogP contribution in [0.5, 0.6) is 11.5 Å². The standard InChI is InChI=1S/C16H27NO4/c1-5-14(18)12-17(6-7-19-2)11-13-8-15(20-3)10-16(9-13)21-4/h8-10,14,18H,5-7,11-12H2,1-4H3/t14-/m1/s1. The van der Waals surface area contributed by atoms with Gasteiger partial charge >= 0.3 is 0 Å². The van der Waals surface area contributed by atoms with E-state index in [1.807, 2.05) is 25.1 Å². The van der Waals surface area contributed by atoms with E-state index in [0.717, 1.165) is 30.0 Å². The SMILES string of the molecule is CC[C@@H](O)CN(CCOC)Cc1cc(OC)cc(OC)c1. The van der Waals surface area contributed by atoms with Gasteiger partial charge in [-0.15, -0.1) is 0 Å². The third-order valence-electron chi connectivity index (χ3n) is 3.37. The molecule has 0 spiro atoms. The van der Waals surface area contributed by atoms with Crippen LogP contribution in [0.3, 0.4) is 0 Å². The van der Waals surface area contributed by atoms with Crippen molar-refractivity contribution in [3.8, 4) is 11.5 Å². The fourth-order valence-corrected chi connectivity index (χ4v) is 2.10. The molecule has 0 fully saturated rings. The van der Waals surface area contributed by atoms with Crippen molar-refractivity contribution in [3.63, 3.8) is 0 Å². The molecule has 0 heterocycles. The molecule has 1 atom stereocenters. The maximum atomic E-state index is 9.88. The third-order valence-corrected chi connectivity index (χ3v) is 3.37. The summed E-state index contributed by atoms with van der Waals surface area (Å²) in [5.74, 6) is 1.54. The fraction of sp³-hybridized carbons (Fsp3) is 0.625. The van der Waals surface area contributed by atoms with Crippen LogP contribution in [0.4, 0.5) is 0 Å². The molecule has 1 aromatic carbocycles. The smallest absolute Gasteiger partial charge is 0.122 e. The van der Waals surface area contributed by atoms with Gasteiger partial charge in [-0.1, -0.05) is 6.92 Å². The summed E-state index contributed by atoms with van der Waals surface area (Å²) < 4.78 is 15.7. The first-order valence-electron chi connectivity index (χ1n) is 7.24. The zero-order chi connectivity index (χ0) is 15.7. The quantitative estimate of drug-likeness (QED) is 0.715. The largest absolute Gasteiger partial charge is 0.497 e.